The monoisotopic (exact) mass is 213 g/mol. The Labute approximate surface area is 90.0 Å². The van der Waals surface area contributed by atoms with E-state index in [1.807, 2.05) is 0 Å². The second-order valence-electron chi connectivity index (χ2n) is 3.69. The van der Waals surface area contributed by atoms with E-state index in [0.29, 0.717) is 24.8 Å². The minimum absolute atomic E-state index is 0.227. The lowest BCUT2D eigenvalue weighted by Gasteiger charge is -2.04. The van der Waals surface area contributed by atoms with E-state index in [2.05, 4.69) is 24.0 Å². The number of ether oxygens (including phenoxy) is 1. The lowest BCUT2D eigenvalue weighted by atomic mass is 10.1. The van der Waals surface area contributed by atoms with Gasteiger partial charge in [0.25, 0.3) is 0 Å². The number of hydrogen-bond donors (Lipinski definition) is 1. The molecule has 1 aromatic heterocycles. The van der Waals surface area contributed by atoms with Crippen LogP contribution in [-0.4, -0.2) is 23.9 Å². The number of rotatable bonds is 6. The summed E-state index contributed by atoms with van der Waals surface area (Å²) >= 11 is 0. The summed E-state index contributed by atoms with van der Waals surface area (Å²) in [5, 5.41) is 3.91. The third-order valence-corrected chi connectivity index (χ3v) is 2.46. The average Bonchev–Trinajstić information content (AvgIpc) is 2.74. The molecule has 2 atom stereocenters. The van der Waals surface area contributed by atoms with Crippen molar-refractivity contribution in [2.45, 2.75) is 38.6 Å². The van der Waals surface area contributed by atoms with Gasteiger partial charge in [0.2, 0.25) is 5.89 Å². The van der Waals surface area contributed by atoms with E-state index in [-0.39, 0.29) is 6.04 Å². The fourth-order valence-corrected chi connectivity index (χ4v) is 1.15. The molecule has 1 rings (SSSR count). The highest BCUT2D eigenvalue weighted by Gasteiger charge is 2.16. The van der Waals surface area contributed by atoms with Crippen molar-refractivity contribution in [1.82, 2.24) is 10.1 Å². The molecule has 0 aromatic carbocycles. The summed E-state index contributed by atoms with van der Waals surface area (Å²) in [5.41, 5.74) is 5.86. The minimum atomic E-state index is -0.227. The Balaban J connectivity index is 2.58. The van der Waals surface area contributed by atoms with Crippen LogP contribution < -0.4 is 5.73 Å². The third-order valence-electron chi connectivity index (χ3n) is 2.46. The Bertz CT molecular complexity index is 288. The molecule has 2 unspecified atom stereocenters. The molecule has 1 heterocycles. The minimum Gasteiger partial charge on any atom is -0.385 e. The van der Waals surface area contributed by atoms with E-state index < -0.39 is 0 Å². The molecule has 1 aromatic rings. The molecule has 0 saturated carbocycles. The van der Waals surface area contributed by atoms with Crippen LogP contribution in [0, 0.1) is 0 Å². The molecule has 0 spiro atoms. The molecule has 86 valence electrons. The van der Waals surface area contributed by atoms with Crippen LogP contribution in [0.2, 0.25) is 0 Å². The third kappa shape index (κ3) is 3.28. The first-order chi connectivity index (χ1) is 7.19. The summed E-state index contributed by atoms with van der Waals surface area (Å²) in [6.07, 6.45) is 1.69. The van der Waals surface area contributed by atoms with Crippen molar-refractivity contribution in [2.75, 3.05) is 13.7 Å². The van der Waals surface area contributed by atoms with E-state index >= 15 is 0 Å². The predicted octanol–water partition coefficient (Wildman–Crippen LogP) is 1.62. The van der Waals surface area contributed by atoms with Gasteiger partial charge in [-0.15, -0.1) is 0 Å². The molecule has 0 aliphatic rings. The van der Waals surface area contributed by atoms with Gasteiger partial charge in [0.15, 0.2) is 5.82 Å². The van der Waals surface area contributed by atoms with E-state index in [0.717, 1.165) is 12.2 Å². The van der Waals surface area contributed by atoms with Crippen molar-refractivity contribution in [2.24, 2.45) is 5.73 Å². The molecule has 5 heteroatoms. The highest BCUT2D eigenvalue weighted by molar-refractivity contribution is 4.96. The normalized spacial score (nSPS) is 15.2. The lowest BCUT2D eigenvalue weighted by molar-refractivity contribution is 0.182. The summed E-state index contributed by atoms with van der Waals surface area (Å²) in [4.78, 5) is 4.28. The van der Waals surface area contributed by atoms with Gasteiger partial charge in [0.1, 0.15) is 0 Å². The summed E-state index contributed by atoms with van der Waals surface area (Å²) in [7, 11) is 1.64. The standard InChI is InChI=1S/C10H19N3O2/c1-4-7(2)9-12-10(15-13-9)8(11)5-6-14-3/h7-8H,4-6,11H2,1-3H3. The zero-order valence-electron chi connectivity index (χ0n) is 9.56. The molecule has 2 N–H and O–H groups in total. The van der Waals surface area contributed by atoms with Gasteiger partial charge in [-0.25, -0.2) is 0 Å². The Morgan fingerprint density at radius 1 is 1.53 bits per heavy atom. The Morgan fingerprint density at radius 2 is 2.27 bits per heavy atom. The quantitative estimate of drug-likeness (QED) is 0.777. The predicted molar refractivity (Wildman–Crippen MR) is 56.4 cm³/mol. The zero-order valence-corrected chi connectivity index (χ0v) is 9.56. The van der Waals surface area contributed by atoms with Gasteiger partial charge in [-0.1, -0.05) is 19.0 Å². The van der Waals surface area contributed by atoms with Crippen LogP contribution in [0.15, 0.2) is 4.52 Å². The molecule has 0 fully saturated rings. The van der Waals surface area contributed by atoms with Gasteiger partial charge in [-0.05, 0) is 12.8 Å². The van der Waals surface area contributed by atoms with Crippen molar-refractivity contribution < 1.29 is 9.26 Å². The fraction of sp³-hybridized carbons (Fsp3) is 0.800. The van der Waals surface area contributed by atoms with E-state index in [4.69, 9.17) is 15.0 Å². The molecule has 0 radical (unpaired) electrons. The highest BCUT2D eigenvalue weighted by atomic mass is 16.5. The van der Waals surface area contributed by atoms with Crippen LogP contribution in [0.5, 0.6) is 0 Å². The molecule has 0 aliphatic heterocycles. The second kappa shape index (κ2) is 5.82. The molecular formula is C10H19N3O2. The molecule has 5 nitrogen and oxygen atoms in total. The molecule has 0 bridgehead atoms. The maximum Gasteiger partial charge on any atom is 0.243 e. The largest absolute Gasteiger partial charge is 0.385 e. The van der Waals surface area contributed by atoms with Crippen molar-refractivity contribution in [3.8, 4) is 0 Å². The smallest absolute Gasteiger partial charge is 0.243 e. The second-order valence-corrected chi connectivity index (χ2v) is 3.69. The number of hydrogen-bond acceptors (Lipinski definition) is 5. The highest BCUT2D eigenvalue weighted by Crippen LogP contribution is 2.18. The van der Waals surface area contributed by atoms with Gasteiger partial charge in [0, 0.05) is 19.6 Å². The van der Waals surface area contributed by atoms with Gasteiger partial charge < -0.3 is 15.0 Å². The first-order valence-corrected chi connectivity index (χ1v) is 5.27. The first kappa shape index (κ1) is 12.1. The number of nitrogens with two attached hydrogens (primary N) is 1. The Kier molecular flexibility index (Phi) is 4.71. The Hall–Kier alpha value is -0.940. The van der Waals surface area contributed by atoms with Gasteiger partial charge in [-0.3, -0.25) is 0 Å². The Morgan fingerprint density at radius 3 is 2.87 bits per heavy atom. The fourth-order valence-electron chi connectivity index (χ4n) is 1.15. The molecule has 0 aliphatic carbocycles. The van der Waals surface area contributed by atoms with E-state index in [1.54, 1.807) is 7.11 Å². The van der Waals surface area contributed by atoms with Crippen LogP contribution in [-0.2, 0) is 4.74 Å². The van der Waals surface area contributed by atoms with Crippen molar-refractivity contribution in [3.63, 3.8) is 0 Å². The van der Waals surface area contributed by atoms with Crippen LogP contribution in [0.4, 0.5) is 0 Å². The summed E-state index contributed by atoms with van der Waals surface area (Å²) in [5.74, 6) is 1.56. The molecule has 0 saturated heterocycles. The van der Waals surface area contributed by atoms with Crippen molar-refractivity contribution >= 4 is 0 Å². The lowest BCUT2D eigenvalue weighted by Crippen LogP contribution is -2.13. The summed E-state index contributed by atoms with van der Waals surface area (Å²) in [6.45, 7) is 4.75. The maximum atomic E-state index is 5.86. The topological polar surface area (TPSA) is 74.2 Å². The molecule has 15 heavy (non-hydrogen) atoms. The van der Waals surface area contributed by atoms with Gasteiger partial charge in [0.05, 0.1) is 6.04 Å². The molecular weight excluding hydrogens is 194 g/mol. The maximum absolute atomic E-state index is 5.86. The number of aromatic nitrogens is 2. The van der Waals surface area contributed by atoms with Crippen LogP contribution in [0.3, 0.4) is 0 Å². The van der Waals surface area contributed by atoms with Gasteiger partial charge >= 0.3 is 0 Å². The van der Waals surface area contributed by atoms with E-state index in [1.165, 1.54) is 0 Å². The van der Waals surface area contributed by atoms with Crippen molar-refractivity contribution in [1.29, 1.82) is 0 Å². The summed E-state index contributed by atoms with van der Waals surface area (Å²) < 4.78 is 10.0. The van der Waals surface area contributed by atoms with Crippen LogP contribution in [0.1, 0.15) is 50.4 Å². The van der Waals surface area contributed by atoms with Crippen LogP contribution >= 0.6 is 0 Å². The van der Waals surface area contributed by atoms with E-state index in [9.17, 15) is 0 Å². The van der Waals surface area contributed by atoms with Gasteiger partial charge in [-0.2, -0.15) is 4.98 Å². The average molecular weight is 213 g/mol. The summed E-state index contributed by atoms with van der Waals surface area (Å²) in [6, 6.07) is -0.227. The zero-order chi connectivity index (χ0) is 11.3. The van der Waals surface area contributed by atoms with Crippen LogP contribution in [0.25, 0.3) is 0 Å². The molecule has 0 amide bonds. The SMILES string of the molecule is CCC(C)c1noc(C(N)CCOC)n1. The number of nitrogens with zero attached hydrogens (tertiary/aromatic N) is 2. The van der Waals surface area contributed by atoms with Crippen molar-refractivity contribution in [3.05, 3.63) is 11.7 Å². The first-order valence-electron chi connectivity index (χ1n) is 5.27. The number of methoxy groups -OCH3 is 1.